The molecule has 3 nitrogen and oxygen atoms in total. The van der Waals surface area contributed by atoms with Gasteiger partial charge in [-0.25, -0.2) is 0 Å². The van der Waals surface area contributed by atoms with Crippen molar-refractivity contribution in [1.82, 2.24) is 13.7 Å². The number of aryl methyl sites for hydroxylation is 1. The standard InChI is InChI=1S/C68H47N3/c1-11-33-61-49(23-1)50-24-2-12-34-62(50)69(61)46-21-17-19-44(41-46)67-55-29-7-9-31-57(55)68(58-32-10-8-30-56(58)67,45-20-18-22-47(42-45)70-63-35-13-3-25-51(63)52-26-4-14-36-64(52)70)60-43-48(39-40-59(60)67)71-65-37-15-5-27-53(65)54-28-6-16-38-66(54)71/h1,3-15,17-23,25-37,39-43H,2,16,24,38H2. The van der Waals surface area contributed by atoms with Crippen molar-refractivity contribution in [2.24, 2.45) is 0 Å². The molecule has 0 N–H and O–H groups in total. The normalized spacial score (nSPS) is 18.2. The summed E-state index contributed by atoms with van der Waals surface area (Å²) in [4.78, 5) is 0. The fourth-order valence-electron chi connectivity index (χ4n) is 14.3. The number of allylic oxidation sites excluding steroid dienone is 2. The highest BCUT2D eigenvalue weighted by Crippen LogP contribution is 2.66. The molecule has 0 saturated carbocycles. The number of para-hydroxylation sites is 4. The van der Waals surface area contributed by atoms with E-state index in [4.69, 9.17) is 0 Å². The van der Waals surface area contributed by atoms with Gasteiger partial charge in [-0.05, 0) is 142 Å². The molecule has 0 spiro atoms. The van der Waals surface area contributed by atoms with E-state index < -0.39 is 10.8 Å². The lowest BCUT2D eigenvalue weighted by Crippen LogP contribution is -2.52. The van der Waals surface area contributed by atoms with E-state index in [9.17, 15) is 0 Å². The quantitative estimate of drug-likeness (QED) is 0.163. The summed E-state index contributed by atoms with van der Waals surface area (Å²) >= 11 is 0. The number of nitrogens with zero attached hydrogens (tertiary/aromatic N) is 3. The highest BCUT2D eigenvalue weighted by Gasteiger charge is 2.60. The molecule has 71 heavy (non-hydrogen) atoms. The van der Waals surface area contributed by atoms with Gasteiger partial charge in [-0.1, -0.05) is 170 Å². The van der Waals surface area contributed by atoms with Gasteiger partial charge in [0.15, 0.2) is 0 Å². The van der Waals surface area contributed by atoms with Gasteiger partial charge >= 0.3 is 0 Å². The van der Waals surface area contributed by atoms with E-state index in [1.807, 2.05) is 0 Å². The minimum atomic E-state index is -0.657. The van der Waals surface area contributed by atoms with Crippen LogP contribution in [0.3, 0.4) is 0 Å². The van der Waals surface area contributed by atoms with E-state index in [0.717, 1.165) is 31.4 Å². The van der Waals surface area contributed by atoms with Gasteiger partial charge in [0.25, 0.3) is 0 Å². The third-order valence-corrected chi connectivity index (χ3v) is 16.9. The second-order valence-electron chi connectivity index (χ2n) is 20.1. The number of fused-ring (bicyclic) bond motifs is 9. The van der Waals surface area contributed by atoms with Crippen LogP contribution in [0.25, 0.3) is 72.8 Å². The average molecular weight is 906 g/mol. The van der Waals surface area contributed by atoms with Crippen LogP contribution in [0.4, 0.5) is 0 Å². The lowest BCUT2D eigenvalue weighted by atomic mass is 9.44. The van der Waals surface area contributed by atoms with Crippen LogP contribution in [0.2, 0.25) is 0 Å². The number of hydrogen-bond acceptors (Lipinski definition) is 0. The predicted octanol–water partition coefficient (Wildman–Crippen LogP) is 16.0. The SMILES string of the molecule is C1=Cc2c(c3ccccc3n2-c2cccc(C34c5ccccc5C(c5cccc(-n6c7ccccc7c7ccccc76)c5)(c5ccccc53)c3cc(-n5c6c(c7ccccc75)C=CCC6)ccc34)c2)CC1. The number of hydrogen-bond donors (Lipinski definition) is 0. The zero-order chi connectivity index (χ0) is 46.4. The van der Waals surface area contributed by atoms with Crippen LogP contribution in [0.1, 0.15) is 79.9 Å². The van der Waals surface area contributed by atoms with Crippen LogP contribution in [0.15, 0.2) is 224 Å². The topological polar surface area (TPSA) is 14.8 Å². The van der Waals surface area contributed by atoms with Gasteiger partial charge in [0, 0.05) is 55.6 Å². The Labute approximate surface area is 412 Å². The van der Waals surface area contributed by atoms with E-state index in [-0.39, 0.29) is 0 Å². The Hall–Kier alpha value is -8.66. The van der Waals surface area contributed by atoms with E-state index in [2.05, 4.69) is 250 Å². The second kappa shape index (κ2) is 14.4. The van der Waals surface area contributed by atoms with Crippen molar-refractivity contribution in [1.29, 1.82) is 0 Å². The van der Waals surface area contributed by atoms with Crippen LogP contribution in [-0.4, -0.2) is 13.7 Å². The molecule has 0 fully saturated rings. The maximum Gasteiger partial charge on any atom is 0.0712 e. The molecule has 9 aromatic carbocycles. The van der Waals surface area contributed by atoms with Crippen LogP contribution < -0.4 is 0 Å². The Bertz CT molecular complexity index is 4210. The summed E-state index contributed by atoms with van der Waals surface area (Å²) in [7, 11) is 0. The van der Waals surface area contributed by atoms with Crippen molar-refractivity contribution in [2.75, 3.05) is 0 Å². The number of rotatable bonds is 5. The first-order valence-electron chi connectivity index (χ1n) is 25.4. The summed E-state index contributed by atoms with van der Waals surface area (Å²) in [6, 6.07) is 81.3. The van der Waals surface area contributed by atoms with E-state index in [1.165, 1.54) is 122 Å². The molecule has 0 amide bonds. The smallest absolute Gasteiger partial charge is 0.0712 e. The Morgan fingerprint density at radius 2 is 0.789 bits per heavy atom. The molecule has 3 heteroatoms. The van der Waals surface area contributed by atoms with Crippen LogP contribution in [0, 0.1) is 0 Å². The minimum absolute atomic E-state index is 0.622. The molecule has 5 aliphatic carbocycles. The average Bonchev–Trinajstić information content (AvgIpc) is 4.09. The fourth-order valence-corrected chi connectivity index (χ4v) is 14.3. The molecule has 17 rings (SSSR count). The van der Waals surface area contributed by atoms with Gasteiger partial charge in [0.05, 0.1) is 32.9 Å². The molecule has 0 saturated heterocycles. The van der Waals surface area contributed by atoms with E-state index in [0.29, 0.717) is 0 Å². The van der Waals surface area contributed by atoms with Crippen LogP contribution >= 0.6 is 0 Å². The summed E-state index contributed by atoms with van der Waals surface area (Å²) in [6.45, 7) is 0. The zero-order valence-corrected chi connectivity index (χ0v) is 39.2. The highest BCUT2D eigenvalue weighted by molar-refractivity contribution is 6.09. The summed E-state index contributed by atoms with van der Waals surface area (Å²) < 4.78 is 7.58. The maximum atomic E-state index is 2.60. The van der Waals surface area contributed by atoms with Crippen molar-refractivity contribution in [3.05, 3.63) is 291 Å². The fraction of sp³-hybridized carbons (Fsp3) is 0.0882. The number of benzene rings is 9. The van der Waals surface area contributed by atoms with Crippen LogP contribution in [-0.2, 0) is 23.7 Å². The van der Waals surface area contributed by atoms with E-state index in [1.54, 1.807) is 0 Å². The van der Waals surface area contributed by atoms with Gasteiger partial charge < -0.3 is 13.7 Å². The van der Waals surface area contributed by atoms with Gasteiger partial charge in [-0.15, -0.1) is 0 Å². The molecule has 0 unspecified atom stereocenters. The van der Waals surface area contributed by atoms with Gasteiger partial charge in [-0.2, -0.15) is 0 Å². The molecule has 0 atom stereocenters. The zero-order valence-electron chi connectivity index (χ0n) is 39.2. The highest BCUT2D eigenvalue weighted by atomic mass is 15.0. The van der Waals surface area contributed by atoms with Crippen molar-refractivity contribution >= 4 is 55.8 Å². The lowest BCUT2D eigenvalue weighted by molar-refractivity contribution is 0.556. The van der Waals surface area contributed by atoms with Crippen molar-refractivity contribution < 1.29 is 0 Å². The number of aromatic nitrogens is 3. The molecule has 12 aromatic rings. The first-order chi connectivity index (χ1) is 35.2. The minimum Gasteiger partial charge on any atom is -0.313 e. The molecule has 3 aromatic heterocycles. The Kier molecular flexibility index (Phi) is 7.98. The maximum absolute atomic E-state index is 2.60. The largest absolute Gasteiger partial charge is 0.313 e. The summed E-state index contributed by atoms with van der Waals surface area (Å²) in [5.74, 6) is 0. The van der Waals surface area contributed by atoms with Crippen molar-refractivity contribution in [3.8, 4) is 17.1 Å². The third kappa shape index (κ3) is 4.98. The Morgan fingerprint density at radius 3 is 1.42 bits per heavy atom. The molecule has 0 radical (unpaired) electrons. The van der Waals surface area contributed by atoms with E-state index >= 15 is 0 Å². The predicted molar refractivity (Wildman–Crippen MR) is 293 cm³/mol. The Balaban J connectivity index is 1.02. The second-order valence-corrected chi connectivity index (χ2v) is 20.1. The molecule has 3 heterocycles. The summed E-state index contributed by atoms with van der Waals surface area (Å²) in [5.41, 5.74) is 23.2. The lowest BCUT2D eigenvalue weighted by Gasteiger charge is -2.57. The molecule has 334 valence electrons. The molecular formula is C68H47N3. The van der Waals surface area contributed by atoms with Crippen molar-refractivity contribution in [3.63, 3.8) is 0 Å². The first-order valence-corrected chi connectivity index (χ1v) is 25.4. The van der Waals surface area contributed by atoms with Gasteiger partial charge in [-0.3, -0.25) is 0 Å². The van der Waals surface area contributed by atoms with Gasteiger partial charge in [0.2, 0.25) is 0 Å². The Morgan fingerprint density at radius 1 is 0.324 bits per heavy atom. The third-order valence-electron chi connectivity index (χ3n) is 16.9. The monoisotopic (exact) mass is 905 g/mol. The van der Waals surface area contributed by atoms with Crippen molar-refractivity contribution in [2.45, 2.75) is 36.5 Å². The molecular weight excluding hydrogens is 859 g/mol. The molecule has 5 aliphatic rings. The molecule has 2 bridgehead atoms. The summed E-state index contributed by atoms with van der Waals surface area (Å²) in [6.07, 6.45) is 13.6. The van der Waals surface area contributed by atoms with Crippen LogP contribution in [0.5, 0.6) is 0 Å². The molecule has 0 aliphatic heterocycles. The van der Waals surface area contributed by atoms with Gasteiger partial charge in [0.1, 0.15) is 0 Å². The summed E-state index contributed by atoms with van der Waals surface area (Å²) in [5, 5.41) is 5.19. The first kappa shape index (κ1) is 39.2.